The molecule has 0 bridgehead atoms. The van der Waals surface area contributed by atoms with Gasteiger partial charge in [-0.15, -0.1) is 6.58 Å². The van der Waals surface area contributed by atoms with Crippen molar-refractivity contribution >= 4 is 17.6 Å². The zero-order valence-electron chi connectivity index (χ0n) is 8.90. The molecule has 0 aromatic heterocycles. The van der Waals surface area contributed by atoms with Crippen LogP contribution < -0.4 is 0 Å². The van der Waals surface area contributed by atoms with Crippen LogP contribution >= 0.6 is 11.6 Å². The van der Waals surface area contributed by atoms with Gasteiger partial charge in [-0.3, -0.25) is 9.69 Å². The Morgan fingerprint density at radius 3 is 2.56 bits per heavy atom. The Morgan fingerprint density at radius 2 is 2.06 bits per heavy atom. The second-order valence-electron chi connectivity index (χ2n) is 3.48. The van der Waals surface area contributed by atoms with Gasteiger partial charge in [0.1, 0.15) is 0 Å². The number of benzene rings is 1. The number of rotatable bonds is 6. The Bertz CT molecular complexity index is 362. The van der Waals surface area contributed by atoms with E-state index in [0.29, 0.717) is 18.1 Å². The molecule has 0 fully saturated rings. The number of hydrogen-bond acceptors (Lipinski definition) is 2. The number of hydrogen-bond donors (Lipinski definition) is 1. The summed E-state index contributed by atoms with van der Waals surface area (Å²) in [5, 5.41) is 9.41. The van der Waals surface area contributed by atoms with Crippen molar-refractivity contribution in [1.29, 1.82) is 0 Å². The second kappa shape index (κ2) is 6.30. The maximum Gasteiger partial charge on any atom is 0.317 e. The lowest BCUT2D eigenvalue weighted by molar-refractivity contribution is -0.138. The quantitative estimate of drug-likeness (QED) is 0.775. The Balaban J connectivity index is 2.63. The number of carbonyl (C=O) groups is 1. The van der Waals surface area contributed by atoms with Gasteiger partial charge in [-0.1, -0.05) is 29.8 Å². The van der Waals surface area contributed by atoms with Crippen molar-refractivity contribution in [2.24, 2.45) is 0 Å². The monoisotopic (exact) mass is 239 g/mol. The summed E-state index contributed by atoms with van der Waals surface area (Å²) in [7, 11) is 0. The fraction of sp³-hybridized carbons (Fsp3) is 0.250. The summed E-state index contributed by atoms with van der Waals surface area (Å²) in [6, 6.07) is 7.37. The number of nitrogens with zero attached hydrogens (tertiary/aromatic N) is 1. The molecule has 0 aliphatic rings. The molecule has 0 amide bonds. The van der Waals surface area contributed by atoms with Gasteiger partial charge in [0.25, 0.3) is 0 Å². The average Bonchev–Trinajstić information content (AvgIpc) is 2.21. The van der Waals surface area contributed by atoms with Crippen LogP contribution in [0.4, 0.5) is 0 Å². The van der Waals surface area contributed by atoms with Crippen molar-refractivity contribution in [3.05, 3.63) is 47.5 Å². The molecule has 0 aliphatic heterocycles. The summed E-state index contributed by atoms with van der Waals surface area (Å²) in [5.41, 5.74) is 1.03. The van der Waals surface area contributed by atoms with Gasteiger partial charge < -0.3 is 5.11 Å². The van der Waals surface area contributed by atoms with Crippen LogP contribution in [0.1, 0.15) is 5.56 Å². The zero-order valence-corrected chi connectivity index (χ0v) is 9.65. The molecule has 3 nitrogen and oxygen atoms in total. The third-order valence-corrected chi connectivity index (χ3v) is 2.32. The number of carboxylic acid groups (broad SMARTS) is 1. The van der Waals surface area contributed by atoms with Gasteiger partial charge in [-0.25, -0.2) is 0 Å². The molecule has 1 rings (SSSR count). The molecule has 0 unspecified atom stereocenters. The van der Waals surface area contributed by atoms with E-state index in [1.54, 1.807) is 23.1 Å². The molecular formula is C12H14ClNO2. The number of halogens is 1. The molecule has 0 saturated carbocycles. The minimum Gasteiger partial charge on any atom is -0.480 e. The Hall–Kier alpha value is -1.32. The highest BCUT2D eigenvalue weighted by atomic mass is 35.5. The lowest BCUT2D eigenvalue weighted by Crippen LogP contribution is -2.29. The predicted octanol–water partition coefficient (Wildman–Crippen LogP) is 2.41. The maximum atomic E-state index is 10.6. The molecule has 16 heavy (non-hydrogen) atoms. The molecule has 1 aromatic rings. The van der Waals surface area contributed by atoms with Gasteiger partial charge in [0.2, 0.25) is 0 Å². The average molecular weight is 240 g/mol. The molecule has 0 radical (unpaired) electrons. The molecule has 4 heteroatoms. The Kier molecular flexibility index (Phi) is 5.02. The minimum absolute atomic E-state index is 0.00858. The molecule has 86 valence electrons. The van der Waals surface area contributed by atoms with Crippen molar-refractivity contribution in [1.82, 2.24) is 4.90 Å². The van der Waals surface area contributed by atoms with Gasteiger partial charge in [0.05, 0.1) is 6.54 Å². The van der Waals surface area contributed by atoms with Crippen LogP contribution in [0.15, 0.2) is 36.9 Å². The lowest BCUT2D eigenvalue weighted by Gasteiger charge is -2.18. The minimum atomic E-state index is -0.837. The maximum absolute atomic E-state index is 10.6. The summed E-state index contributed by atoms with van der Waals surface area (Å²) in [5.74, 6) is -0.837. The third kappa shape index (κ3) is 4.47. The largest absolute Gasteiger partial charge is 0.480 e. The topological polar surface area (TPSA) is 40.5 Å². The predicted molar refractivity (Wildman–Crippen MR) is 64.6 cm³/mol. The van der Waals surface area contributed by atoms with Crippen LogP contribution in [-0.4, -0.2) is 29.1 Å². The molecule has 0 saturated heterocycles. The summed E-state index contributed by atoms with van der Waals surface area (Å²) in [4.78, 5) is 12.4. The molecule has 1 aromatic carbocycles. The fourth-order valence-electron chi connectivity index (χ4n) is 1.41. The summed E-state index contributed by atoms with van der Waals surface area (Å²) < 4.78 is 0. The van der Waals surface area contributed by atoms with Crippen molar-refractivity contribution in [2.45, 2.75) is 6.54 Å². The molecule has 1 N–H and O–H groups in total. The zero-order chi connectivity index (χ0) is 12.0. The molecule has 0 aliphatic carbocycles. The van der Waals surface area contributed by atoms with E-state index in [1.807, 2.05) is 12.1 Å². The van der Waals surface area contributed by atoms with Gasteiger partial charge in [0.15, 0.2) is 0 Å². The van der Waals surface area contributed by atoms with Crippen LogP contribution in [-0.2, 0) is 11.3 Å². The van der Waals surface area contributed by atoms with E-state index in [1.165, 1.54) is 0 Å². The standard InChI is InChI=1S/C12H14ClNO2/c1-2-7-14(9-12(15)16)8-10-3-5-11(13)6-4-10/h2-6H,1,7-9H2,(H,15,16). The van der Waals surface area contributed by atoms with Crippen molar-refractivity contribution < 1.29 is 9.90 Å². The summed E-state index contributed by atoms with van der Waals surface area (Å²) in [6.45, 7) is 4.75. The second-order valence-corrected chi connectivity index (χ2v) is 3.91. The van der Waals surface area contributed by atoms with E-state index in [0.717, 1.165) is 5.56 Å². The van der Waals surface area contributed by atoms with E-state index >= 15 is 0 Å². The highest BCUT2D eigenvalue weighted by molar-refractivity contribution is 6.30. The number of carboxylic acids is 1. The third-order valence-electron chi connectivity index (χ3n) is 2.07. The van der Waals surface area contributed by atoms with Crippen molar-refractivity contribution in [3.63, 3.8) is 0 Å². The molecular weight excluding hydrogens is 226 g/mol. The normalized spacial score (nSPS) is 10.4. The first kappa shape index (κ1) is 12.7. The van der Waals surface area contributed by atoms with Crippen LogP contribution in [0.5, 0.6) is 0 Å². The van der Waals surface area contributed by atoms with E-state index in [9.17, 15) is 4.79 Å². The van der Waals surface area contributed by atoms with E-state index < -0.39 is 5.97 Å². The van der Waals surface area contributed by atoms with Gasteiger partial charge in [-0.05, 0) is 17.7 Å². The van der Waals surface area contributed by atoms with Gasteiger partial charge in [-0.2, -0.15) is 0 Å². The Morgan fingerprint density at radius 1 is 1.44 bits per heavy atom. The van der Waals surface area contributed by atoms with Crippen LogP contribution in [0.25, 0.3) is 0 Å². The molecule has 0 spiro atoms. The van der Waals surface area contributed by atoms with Crippen molar-refractivity contribution in [3.8, 4) is 0 Å². The van der Waals surface area contributed by atoms with E-state index in [4.69, 9.17) is 16.7 Å². The first-order valence-corrected chi connectivity index (χ1v) is 5.29. The highest BCUT2D eigenvalue weighted by Crippen LogP contribution is 2.11. The molecule has 0 heterocycles. The van der Waals surface area contributed by atoms with Crippen molar-refractivity contribution in [2.75, 3.05) is 13.1 Å². The highest BCUT2D eigenvalue weighted by Gasteiger charge is 2.08. The summed E-state index contributed by atoms with van der Waals surface area (Å²) >= 11 is 5.77. The lowest BCUT2D eigenvalue weighted by atomic mass is 10.2. The van der Waals surface area contributed by atoms with Gasteiger partial charge in [0, 0.05) is 18.1 Å². The first-order chi connectivity index (χ1) is 7.61. The fourth-order valence-corrected chi connectivity index (χ4v) is 1.53. The first-order valence-electron chi connectivity index (χ1n) is 4.91. The molecule has 0 atom stereocenters. The van der Waals surface area contributed by atoms with Crippen LogP contribution in [0.2, 0.25) is 5.02 Å². The summed E-state index contributed by atoms with van der Waals surface area (Å²) in [6.07, 6.45) is 1.69. The van der Waals surface area contributed by atoms with E-state index in [2.05, 4.69) is 6.58 Å². The number of aliphatic carboxylic acids is 1. The Labute approximate surface area is 100.0 Å². The van der Waals surface area contributed by atoms with Gasteiger partial charge >= 0.3 is 5.97 Å². The van der Waals surface area contributed by atoms with Crippen LogP contribution in [0.3, 0.4) is 0 Å². The van der Waals surface area contributed by atoms with E-state index in [-0.39, 0.29) is 6.54 Å². The smallest absolute Gasteiger partial charge is 0.317 e. The van der Waals surface area contributed by atoms with Crippen LogP contribution in [0, 0.1) is 0 Å². The SMILES string of the molecule is C=CCN(CC(=O)O)Cc1ccc(Cl)cc1.